The highest BCUT2D eigenvalue weighted by Crippen LogP contribution is 2.19. The predicted molar refractivity (Wildman–Crippen MR) is 75.8 cm³/mol. The summed E-state index contributed by atoms with van der Waals surface area (Å²) < 4.78 is 25.7. The lowest BCUT2D eigenvalue weighted by Gasteiger charge is -2.33. The van der Waals surface area contributed by atoms with Crippen molar-refractivity contribution >= 4 is 16.0 Å². The monoisotopic (exact) mass is 300 g/mol. The minimum atomic E-state index is -3.64. The van der Waals surface area contributed by atoms with Crippen molar-refractivity contribution in [3.8, 4) is 0 Å². The number of carbonyl (C=O) groups is 1. The van der Waals surface area contributed by atoms with E-state index < -0.39 is 28.1 Å². The van der Waals surface area contributed by atoms with Gasteiger partial charge in [-0.05, 0) is 44.9 Å². The van der Waals surface area contributed by atoms with Crippen molar-refractivity contribution in [2.24, 2.45) is 0 Å². The maximum atomic E-state index is 12.3. The highest BCUT2D eigenvalue weighted by Gasteiger charge is 2.33. The second-order valence-corrected chi connectivity index (χ2v) is 7.51. The maximum absolute atomic E-state index is 12.3. The fourth-order valence-corrected chi connectivity index (χ4v) is 3.64. The van der Waals surface area contributed by atoms with E-state index in [0.29, 0.717) is 6.42 Å². The van der Waals surface area contributed by atoms with Crippen LogP contribution < -0.4 is 0 Å². The Morgan fingerprint density at radius 2 is 1.85 bits per heavy atom. The van der Waals surface area contributed by atoms with Crippen LogP contribution in [0.2, 0.25) is 0 Å². The van der Waals surface area contributed by atoms with Crippen molar-refractivity contribution in [3.63, 3.8) is 0 Å². The molecule has 1 aromatic rings. The van der Waals surface area contributed by atoms with Crippen LogP contribution in [0.15, 0.2) is 24.5 Å². The number of hydrogen-bond acceptors (Lipinski definition) is 4. The topological polar surface area (TPSA) is 87.6 Å². The van der Waals surface area contributed by atoms with Crippen molar-refractivity contribution in [1.82, 2.24) is 9.29 Å². The summed E-state index contributed by atoms with van der Waals surface area (Å²) in [6, 6.07) is 3.49. The molecule has 0 atom stereocenters. The first-order valence-electron chi connectivity index (χ1n) is 6.24. The Balaban J connectivity index is 2.86. The Kier molecular flexibility index (Phi) is 5.24. The summed E-state index contributed by atoms with van der Waals surface area (Å²) in [4.78, 5) is 14.7. The molecule has 7 heteroatoms. The summed E-state index contributed by atoms with van der Waals surface area (Å²) in [5.41, 5.74) is 0.0860. The molecule has 0 saturated carbocycles. The average Bonchev–Trinajstić information content (AvgIpc) is 2.33. The van der Waals surface area contributed by atoms with E-state index in [0.717, 1.165) is 9.87 Å². The van der Waals surface area contributed by atoms with E-state index in [1.54, 1.807) is 45.3 Å². The van der Waals surface area contributed by atoms with Crippen LogP contribution in [0.3, 0.4) is 0 Å². The van der Waals surface area contributed by atoms with Gasteiger partial charge in [0.15, 0.2) is 0 Å². The van der Waals surface area contributed by atoms with Gasteiger partial charge in [-0.25, -0.2) is 8.42 Å². The van der Waals surface area contributed by atoms with Crippen LogP contribution in [0.25, 0.3) is 0 Å². The number of aromatic nitrogens is 1. The molecule has 0 aliphatic heterocycles. The molecule has 0 amide bonds. The number of rotatable bonds is 6. The first kappa shape index (κ1) is 16.6. The van der Waals surface area contributed by atoms with Crippen molar-refractivity contribution in [2.45, 2.75) is 32.7 Å². The SMILES string of the molecule is CC(C)(C)N(CC(=O)O)S(=O)(=O)CCc1ccncc1. The summed E-state index contributed by atoms with van der Waals surface area (Å²) >= 11 is 0. The highest BCUT2D eigenvalue weighted by molar-refractivity contribution is 7.89. The van der Waals surface area contributed by atoms with Crippen molar-refractivity contribution in [1.29, 1.82) is 0 Å². The quantitative estimate of drug-likeness (QED) is 0.851. The Morgan fingerprint density at radius 3 is 2.30 bits per heavy atom. The fourth-order valence-electron chi connectivity index (χ4n) is 1.78. The molecule has 0 aliphatic rings. The average molecular weight is 300 g/mol. The summed E-state index contributed by atoms with van der Waals surface area (Å²) in [5.74, 6) is -1.28. The normalized spacial score (nSPS) is 12.6. The molecule has 112 valence electrons. The number of pyridine rings is 1. The minimum absolute atomic E-state index is 0.123. The molecule has 1 aromatic heterocycles. The molecule has 0 aromatic carbocycles. The first-order chi connectivity index (χ1) is 9.13. The Bertz CT molecular complexity index is 549. The number of nitrogens with zero attached hydrogens (tertiary/aromatic N) is 2. The van der Waals surface area contributed by atoms with Crippen LogP contribution in [-0.2, 0) is 21.2 Å². The van der Waals surface area contributed by atoms with E-state index in [2.05, 4.69) is 4.98 Å². The van der Waals surface area contributed by atoms with Crippen molar-refractivity contribution in [2.75, 3.05) is 12.3 Å². The molecule has 0 radical (unpaired) electrons. The molecule has 1 rings (SSSR count). The van der Waals surface area contributed by atoms with Gasteiger partial charge in [0, 0.05) is 17.9 Å². The van der Waals surface area contributed by atoms with Crippen LogP contribution in [0, 0.1) is 0 Å². The smallest absolute Gasteiger partial charge is 0.318 e. The molecule has 6 nitrogen and oxygen atoms in total. The summed E-state index contributed by atoms with van der Waals surface area (Å²) in [7, 11) is -3.64. The molecule has 0 unspecified atom stereocenters. The lowest BCUT2D eigenvalue weighted by molar-refractivity contribution is -0.138. The molecule has 0 aliphatic carbocycles. The standard InChI is InChI=1S/C13H20N2O4S/c1-13(2,3)15(10-12(16)17)20(18,19)9-6-11-4-7-14-8-5-11/h4-5,7-8H,6,9-10H2,1-3H3,(H,16,17). The second kappa shape index (κ2) is 6.32. The number of carboxylic acid groups (broad SMARTS) is 1. The minimum Gasteiger partial charge on any atom is -0.480 e. The molecular weight excluding hydrogens is 280 g/mol. The van der Waals surface area contributed by atoms with E-state index in [-0.39, 0.29) is 5.75 Å². The van der Waals surface area contributed by atoms with E-state index in [1.165, 1.54) is 0 Å². The Labute approximate surface area is 119 Å². The molecule has 1 heterocycles. The largest absolute Gasteiger partial charge is 0.480 e. The van der Waals surface area contributed by atoms with Crippen LogP contribution in [0.1, 0.15) is 26.3 Å². The number of aryl methyl sites for hydroxylation is 1. The van der Waals surface area contributed by atoms with Crippen molar-refractivity contribution in [3.05, 3.63) is 30.1 Å². The molecule has 20 heavy (non-hydrogen) atoms. The zero-order valence-corrected chi connectivity index (χ0v) is 12.7. The zero-order valence-electron chi connectivity index (χ0n) is 11.9. The van der Waals surface area contributed by atoms with Gasteiger partial charge in [-0.1, -0.05) is 0 Å². The molecule has 0 bridgehead atoms. The third-order valence-corrected chi connectivity index (χ3v) is 4.83. The predicted octanol–water partition coefficient (Wildman–Crippen LogP) is 1.14. The zero-order chi connectivity index (χ0) is 15.4. The molecule has 0 spiro atoms. The Morgan fingerprint density at radius 1 is 1.30 bits per heavy atom. The summed E-state index contributed by atoms with van der Waals surface area (Å²) in [6.07, 6.45) is 3.53. The number of sulfonamides is 1. The molecule has 0 fully saturated rings. The highest BCUT2D eigenvalue weighted by atomic mass is 32.2. The van der Waals surface area contributed by atoms with Gasteiger partial charge in [0.25, 0.3) is 0 Å². The van der Waals surface area contributed by atoms with Gasteiger partial charge in [0.05, 0.1) is 5.75 Å². The third-order valence-electron chi connectivity index (χ3n) is 2.76. The summed E-state index contributed by atoms with van der Waals surface area (Å²) in [5, 5.41) is 8.88. The Hall–Kier alpha value is -1.47. The van der Waals surface area contributed by atoms with Gasteiger partial charge < -0.3 is 5.11 Å². The van der Waals surface area contributed by atoms with Gasteiger partial charge in [-0.3, -0.25) is 9.78 Å². The van der Waals surface area contributed by atoms with Crippen LogP contribution >= 0.6 is 0 Å². The molecule has 1 N–H and O–H groups in total. The van der Waals surface area contributed by atoms with Crippen LogP contribution in [0.5, 0.6) is 0 Å². The maximum Gasteiger partial charge on any atom is 0.318 e. The molecular formula is C13H20N2O4S. The molecule has 0 saturated heterocycles. The van der Waals surface area contributed by atoms with E-state index in [9.17, 15) is 13.2 Å². The first-order valence-corrected chi connectivity index (χ1v) is 7.85. The van der Waals surface area contributed by atoms with E-state index >= 15 is 0 Å². The van der Waals surface area contributed by atoms with Gasteiger partial charge in [-0.2, -0.15) is 4.31 Å². The van der Waals surface area contributed by atoms with Gasteiger partial charge in [0.1, 0.15) is 6.54 Å². The summed E-state index contributed by atoms with van der Waals surface area (Å²) in [6.45, 7) is 4.52. The second-order valence-electron chi connectivity index (χ2n) is 5.49. The number of aliphatic carboxylic acids is 1. The lowest BCUT2D eigenvalue weighted by Crippen LogP contribution is -2.49. The third kappa shape index (κ3) is 4.90. The van der Waals surface area contributed by atoms with Crippen LogP contribution in [-0.4, -0.2) is 46.6 Å². The van der Waals surface area contributed by atoms with E-state index in [1.807, 2.05) is 0 Å². The number of carboxylic acids is 1. The van der Waals surface area contributed by atoms with E-state index in [4.69, 9.17) is 5.11 Å². The fraction of sp³-hybridized carbons (Fsp3) is 0.538. The van der Waals surface area contributed by atoms with Gasteiger partial charge in [0.2, 0.25) is 10.0 Å². The van der Waals surface area contributed by atoms with Crippen molar-refractivity contribution < 1.29 is 18.3 Å². The lowest BCUT2D eigenvalue weighted by atomic mass is 10.1. The van der Waals surface area contributed by atoms with Crippen LogP contribution in [0.4, 0.5) is 0 Å². The van der Waals surface area contributed by atoms with Gasteiger partial charge in [-0.15, -0.1) is 0 Å². The number of hydrogen-bond donors (Lipinski definition) is 1. The van der Waals surface area contributed by atoms with Gasteiger partial charge >= 0.3 is 5.97 Å².